The van der Waals surface area contributed by atoms with Gasteiger partial charge in [0, 0.05) is 22.5 Å². The van der Waals surface area contributed by atoms with E-state index >= 15 is 0 Å². The van der Waals surface area contributed by atoms with Crippen molar-refractivity contribution < 1.29 is 41.8 Å². The van der Waals surface area contributed by atoms with Gasteiger partial charge in [-0.15, -0.1) is 13.2 Å². The summed E-state index contributed by atoms with van der Waals surface area (Å²) >= 11 is 6.10. The third-order valence-corrected chi connectivity index (χ3v) is 6.64. The van der Waals surface area contributed by atoms with Crippen LogP contribution in [0.5, 0.6) is 23.0 Å². The Balaban J connectivity index is 1.69. The lowest BCUT2D eigenvalue weighted by atomic mass is 10.1. The summed E-state index contributed by atoms with van der Waals surface area (Å²) in [6.07, 6.45) is -4.60. The Hall–Kier alpha value is -4.38. The minimum absolute atomic E-state index is 0.249. The SMILES string of the molecule is CCCc1ccc(O[C@H](C)C(=O)O)cc1Oc1c(C)n(-c2noc3cc(Cl)ccc23)c2ccc(OC(F)(F)F)cc12. The minimum Gasteiger partial charge on any atom is -0.479 e. The Kier molecular flexibility index (Phi) is 7.48. The van der Waals surface area contributed by atoms with Crippen LogP contribution >= 0.6 is 11.6 Å². The molecule has 3 aromatic carbocycles. The Morgan fingerprint density at radius 1 is 1.10 bits per heavy atom. The molecule has 2 heterocycles. The number of nitrogens with zero attached hydrogens (tertiary/aromatic N) is 2. The van der Waals surface area contributed by atoms with Gasteiger partial charge in [0.05, 0.1) is 16.6 Å². The lowest BCUT2D eigenvalue weighted by molar-refractivity contribution is -0.274. The first-order chi connectivity index (χ1) is 19.4. The van der Waals surface area contributed by atoms with Crippen LogP contribution in [-0.2, 0) is 11.2 Å². The Labute approximate surface area is 236 Å². The van der Waals surface area contributed by atoms with Crippen LogP contribution in [0.1, 0.15) is 31.5 Å². The highest BCUT2D eigenvalue weighted by molar-refractivity contribution is 6.31. The van der Waals surface area contributed by atoms with E-state index in [1.165, 1.54) is 25.1 Å². The quantitative estimate of drug-likeness (QED) is 0.185. The number of carboxylic acids is 1. The van der Waals surface area contributed by atoms with Crippen LogP contribution < -0.4 is 14.2 Å². The number of hydrogen-bond acceptors (Lipinski definition) is 6. The summed E-state index contributed by atoms with van der Waals surface area (Å²) in [5, 5.41) is 14.9. The molecule has 1 N–H and O–H groups in total. The zero-order chi connectivity index (χ0) is 29.5. The maximum Gasteiger partial charge on any atom is 0.573 e. The molecule has 0 spiro atoms. The van der Waals surface area contributed by atoms with E-state index in [0.717, 1.165) is 12.0 Å². The van der Waals surface area contributed by atoms with E-state index in [4.69, 9.17) is 25.6 Å². The average molecular weight is 589 g/mol. The van der Waals surface area contributed by atoms with Gasteiger partial charge in [-0.05, 0) is 62.2 Å². The predicted molar refractivity (Wildman–Crippen MR) is 146 cm³/mol. The summed E-state index contributed by atoms with van der Waals surface area (Å²) in [7, 11) is 0. The molecule has 41 heavy (non-hydrogen) atoms. The first-order valence-electron chi connectivity index (χ1n) is 12.6. The average Bonchev–Trinajstić information content (AvgIpc) is 3.42. The second-order valence-corrected chi connectivity index (χ2v) is 9.78. The van der Waals surface area contributed by atoms with Gasteiger partial charge in [0.15, 0.2) is 23.3 Å². The lowest BCUT2D eigenvalue weighted by Crippen LogP contribution is -2.22. The topological polar surface area (TPSA) is 96.0 Å². The molecular weight excluding hydrogens is 565 g/mol. The molecule has 2 aromatic heterocycles. The highest BCUT2D eigenvalue weighted by Crippen LogP contribution is 2.43. The summed E-state index contributed by atoms with van der Waals surface area (Å²) < 4.78 is 62.7. The van der Waals surface area contributed by atoms with Crippen molar-refractivity contribution in [2.24, 2.45) is 0 Å². The van der Waals surface area contributed by atoms with Crippen LogP contribution in [-0.4, -0.2) is 33.3 Å². The van der Waals surface area contributed by atoms with Crippen LogP contribution in [0, 0.1) is 6.92 Å². The van der Waals surface area contributed by atoms with Crippen molar-refractivity contribution in [1.82, 2.24) is 9.72 Å². The molecule has 0 saturated carbocycles. The smallest absolute Gasteiger partial charge is 0.479 e. The molecule has 1 atom stereocenters. The number of aryl methyl sites for hydroxylation is 1. The molecule has 0 unspecified atom stereocenters. The fourth-order valence-electron chi connectivity index (χ4n) is 4.57. The fourth-order valence-corrected chi connectivity index (χ4v) is 4.73. The largest absolute Gasteiger partial charge is 0.573 e. The van der Waals surface area contributed by atoms with Crippen molar-refractivity contribution in [1.29, 1.82) is 0 Å². The maximum atomic E-state index is 13.1. The number of carbonyl (C=O) groups is 1. The number of carboxylic acid groups (broad SMARTS) is 1. The van der Waals surface area contributed by atoms with Gasteiger partial charge >= 0.3 is 12.3 Å². The molecule has 5 rings (SSSR count). The van der Waals surface area contributed by atoms with E-state index in [2.05, 4.69) is 9.89 Å². The van der Waals surface area contributed by atoms with Crippen molar-refractivity contribution in [3.63, 3.8) is 0 Å². The molecule has 0 fully saturated rings. The maximum absolute atomic E-state index is 13.1. The number of rotatable bonds is 9. The molecule has 0 amide bonds. The zero-order valence-corrected chi connectivity index (χ0v) is 22.8. The molecule has 12 heteroatoms. The minimum atomic E-state index is -4.89. The van der Waals surface area contributed by atoms with Crippen molar-refractivity contribution in [3.05, 3.63) is 70.9 Å². The predicted octanol–water partition coefficient (Wildman–Crippen LogP) is 8.23. The number of hydrogen-bond donors (Lipinski definition) is 1. The van der Waals surface area contributed by atoms with E-state index in [1.807, 2.05) is 6.92 Å². The second kappa shape index (κ2) is 10.9. The number of ether oxygens (including phenoxy) is 3. The van der Waals surface area contributed by atoms with Crippen LogP contribution in [0.25, 0.3) is 27.7 Å². The van der Waals surface area contributed by atoms with E-state index in [-0.39, 0.29) is 11.5 Å². The van der Waals surface area contributed by atoms with Gasteiger partial charge in [-0.1, -0.05) is 36.2 Å². The van der Waals surface area contributed by atoms with Crippen molar-refractivity contribution in [2.75, 3.05) is 0 Å². The first-order valence-corrected chi connectivity index (χ1v) is 13.0. The monoisotopic (exact) mass is 588 g/mol. The van der Waals surface area contributed by atoms with Crippen LogP contribution in [0.3, 0.4) is 0 Å². The second-order valence-electron chi connectivity index (χ2n) is 9.34. The molecule has 0 aliphatic carbocycles. The van der Waals surface area contributed by atoms with Gasteiger partial charge in [0.2, 0.25) is 0 Å². The number of fused-ring (bicyclic) bond motifs is 2. The molecule has 0 bridgehead atoms. The van der Waals surface area contributed by atoms with Crippen molar-refractivity contribution >= 4 is 39.4 Å². The van der Waals surface area contributed by atoms with Gasteiger partial charge in [0.1, 0.15) is 17.2 Å². The summed E-state index contributed by atoms with van der Waals surface area (Å²) in [6.45, 7) is 5.13. The molecule has 8 nitrogen and oxygen atoms in total. The molecule has 0 saturated heterocycles. The van der Waals surface area contributed by atoms with Gasteiger partial charge in [-0.2, -0.15) is 0 Å². The Morgan fingerprint density at radius 3 is 2.56 bits per heavy atom. The van der Waals surface area contributed by atoms with Gasteiger partial charge in [0.25, 0.3) is 0 Å². The number of alkyl halides is 3. The summed E-state index contributed by atoms with van der Waals surface area (Å²) in [5.41, 5.74) is 2.23. The van der Waals surface area contributed by atoms with Gasteiger partial charge in [-0.3, -0.25) is 4.57 Å². The van der Waals surface area contributed by atoms with E-state index < -0.39 is 24.2 Å². The van der Waals surface area contributed by atoms with Crippen LogP contribution in [0.2, 0.25) is 5.02 Å². The molecule has 0 aliphatic heterocycles. The van der Waals surface area contributed by atoms with Crippen molar-refractivity contribution in [2.45, 2.75) is 46.1 Å². The summed E-state index contributed by atoms with van der Waals surface area (Å²) in [5.74, 6) is -0.301. The van der Waals surface area contributed by atoms with Gasteiger partial charge < -0.3 is 23.8 Å². The molecular formula is C29H24ClF3N2O6. The third-order valence-electron chi connectivity index (χ3n) is 6.41. The molecule has 0 aliphatic rings. The van der Waals surface area contributed by atoms with Gasteiger partial charge in [-0.25, -0.2) is 4.79 Å². The van der Waals surface area contributed by atoms with E-state index in [1.54, 1.807) is 47.9 Å². The lowest BCUT2D eigenvalue weighted by Gasteiger charge is -2.15. The van der Waals surface area contributed by atoms with Crippen LogP contribution in [0.15, 0.2) is 59.1 Å². The van der Waals surface area contributed by atoms with E-state index in [9.17, 15) is 23.1 Å². The fraction of sp³-hybridized carbons (Fsp3) is 0.241. The summed E-state index contributed by atoms with van der Waals surface area (Å²) in [4.78, 5) is 11.3. The normalized spacial score (nSPS) is 12.6. The van der Waals surface area contributed by atoms with Crippen molar-refractivity contribution in [3.8, 4) is 28.8 Å². The highest BCUT2D eigenvalue weighted by atomic mass is 35.5. The summed E-state index contributed by atoms with van der Waals surface area (Å²) in [6, 6.07) is 13.9. The number of halogens is 4. The zero-order valence-electron chi connectivity index (χ0n) is 22.1. The van der Waals surface area contributed by atoms with Crippen LogP contribution in [0.4, 0.5) is 13.2 Å². The Morgan fingerprint density at radius 2 is 1.85 bits per heavy atom. The third kappa shape index (κ3) is 5.76. The van der Waals surface area contributed by atoms with E-state index in [0.29, 0.717) is 50.6 Å². The molecule has 5 aromatic rings. The Bertz CT molecular complexity index is 1760. The highest BCUT2D eigenvalue weighted by Gasteiger charge is 2.32. The standard InChI is InChI=1S/C29H24ClF3N2O6/c1-4-5-17-6-8-19(38-16(3)28(36)37)14-24(17)39-26-15(2)35(27-21-10-7-18(30)12-25(21)41-34-27)23-11-9-20(13-22(23)26)40-29(31,32)33/h6-14,16H,4-5H2,1-3H3,(H,36,37)/t16-/m1/s1. The number of benzene rings is 3. The number of aromatic nitrogens is 2. The molecule has 214 valence electrons. The first kappa shape index (κ1) is 28.2. The molecule has 0 radical (unpaired) electrons. The number of aliphatic carboxylic acids is 1.